The number of ether oxygens (including phenoxy) is 2. The van der Waals surface area contributed by atoms with Crippen molar-refractivity contribution in [2.45, 2.75) is 25.2 Å². The number of amides is 1. The van der Waals surface area contributed by atoms with E-state index >= 15 is 0 Å². The number of anilines is 2. The third kappa shape index (κ3) is 6.42. The first-order valence-electron chi connectivity index (χ1n) is 13.8. The zero-order chi connectivity index (χ0) is 30.7. The summed E-state index contributed by atoms with van der Waals surface area (Å²) in [6.45, 7) is 2.20. The lowest BCUT2D eigenvalue weighted by Crippen LogP contribution is -2.22. The fraction of sp³-hybridized carbons (Fsp3) is 0.226. The number of fused-ring (bicyclic) bond motifs is 1. The Kier molecular flexibility index (Phi) is 8.03. The molecule has 3 N–H and O–H groups in total. The maximum absolute atomic E-state index is 13.0. The fourth-order valence-corrected chi connectivity index (χ4v) is 4.91. The Bertz CT molecular complexity index is 1770. The van der Waals surface area contributed by atoms with Crippen molar-refractivity contribution >= 4 is 28.6 Å². The second-order valence-electron chi connectivity index (χ2n) is 10.2. The van der Waals surface area contributed by atoms with E-state index in [-0.39, 0.29) is 17.4 Å². The molecule has 6 rings (SSSR count). The molecule has 0 bridgehead atoms. The van der Waals surface area contributed by atoms with Crippen LogP contribution in [0.2, 0.25) is 0 Å². The molecule has 3 aromatic heterocycles. The number of halogens is 3. The number of carbonyl (C=O) groups excluding carboxylic acids is 1. The first kappa shape index (κ1) is 28.9. The topological polar surface area (TPSA) is 115 Å². The maximum Gasteiger partial charge on any atom is 0.416 e. The standard InChI is InChI=1S/C31H28F3N7O3/c1-43-23-6-2-19(3-7-23)18-41-29-27(28(40-41)38-22-11-13-35-17-22)25(12-15-37-29)44-24-8-4-20(5-9-24)30(42)39-26-16-21(10-14-36-26)31(32,33)34/h2-10,12,14-16,22,35H,11,13,17-18H2,1H3,(H,38,40)(H,36,39,42)/t22-/m1/s1. The lowest BCUT2D eigenvalue weighted by molar-refractivity contribution is -0.137. The highest BCUT2D eigenvalue weighted by Crippen LogP contribution is 2.35. The van der Waals surface area contributed by atoms with Gasteiger partial charge in [-0.25, -0.2) is 14.6 Å². The van der Waals surface area contributed by atoms with Crippen LogP contribution in [0.5, 0.6) is 17.2 Å². The van der Waals surface area contributed by atoms with Gasteiger partial charge in [0.2, 0.25) is 0 Å². The predicted molar refractivity (Wildman–Crippen MR) is 158 cm³/mol. The van der Waals surface area contributed by atoms with Crippen LogP contribution in [0.25, 0.3) is 11.0 Å². The summed E-state index contributed by atoms with van der Waals surface area (Å²) in [4.78, 5) is 21.1. The summed E-state index contributed by atoms with van der Waals surface area (Å²) in [6.07, 6.45) is -0.955. The largest absolute Gasteiger partial charge is 0.497 e. The number of rotatable bonds is 9. The number of nitrogens with zero attached hydrogens (tertiary/aromatic N) is 4. The van der Waals surface area contributed by atoms with Gasteiger partial charge in [0.1, 0.15) is 28.5 Å². The quantitative estimate of drug-likeness (QED) is 0.196. The summed E-state index contributed by atoms with van der Waals surface area (Å²) in [7, 11) is 1.62. The number of methoxy groups -OCH3 is 1. The van der Waals surface area contributed by atoms with E-state index in [2.05, 4.69) is 25.9 Å². The summed E-state index contributed by atoms with van der Waals surface area (Å²) >= 11 is 0. The Morgan fingerprint density at radius 1 is 1.02 bits per heavy atom. The summed E-state index contributed by atoms with van der Waals surface area (Å²) in [6, 6.07) is 17.6. The van der Waals surface area contributed by atoms with Crippen LogP contribution in [0.4, 0.5) is 24.8 Å². The van der Waals surface area contributed by atoms with Crippen molar-refractivity contribution in [3.8, 4) is 17.2 Å². The highest BCUT2D eigenvalue weighted by Gasteiger charge is 2.31. The molecule has 0 spiro atoms. The molecule has 0 radical (unpaired) electrons. The molecule has 13 heteroatoms. The van der Waals surface area contributed by atoms with Crippen LogP contribution in [-0.4, -0.2) is 51.9 Å². The molecule has 10 nitrogen and oxygen atoms in total. The SMILES string of the molecule is COc1ccc(Cn2nc(N[C@@H]3CCNC3)c3c(Oc4ccc(C(=O)Nc5cc(C(F)(F)F)ccn5)cc4)ccnc32)cc1. The zero-order valence-corrected chi connectivity index (χ0v) is 23.6. The van der Waals surface area contributed by atoms with Crippen molar-refractivity contribution in [1.82, 2.24) is 25.1 Å². The molecule has 0 aliphatic carbocycles. The van der Waals surface area contributed by atoms with Gasteiger partial charge in [0, 0.05) is 36.6 Å². The van der Waals surface area contributed by atoms with E-state index in [0.29, 0.717) is 34.9 Å². The predicted octanol–water partition coefficient (Wildman–Crippen LogP) is 5.72. The molecule has 1 amide bonds. The molecule has 1 fully saturated rings. The number of hydrogen-bond acceptors (Lipinski definition) is 8. The molecular weight excluding hydrogens is 575 g/mol. The molecule has 1 aliphatic heterocycles. The van der Waals surface area contributed by atoms with Gasteiger partial charge < -0.3 is 25.4 Å². The highest BCUT2D eigenvalue weighted by atomic mass is 19.4. The number of aromatic nitrogens is 4. The van der Waals surface area contributed by atoms with Crippen LogP contribution in [0, 0.1) is 0 Å². The minimum Gasteiger partial charge on any atom is -0.497 e. The summed E-state index contributed by atoms with van der Waals surface area (Å²) in [5.41, 5.74) is 0.975. The van der Waals surface area contributed by atoms with Crippen molar-refractivity contribution in [3.63, 3.8) is 0 Å². The van der Waals surface area contributed by atoms with Gasteiger partial charge in [0.15, 0.2) is 11.5 Å². The van der Waals surface area contributed by atoms with Crippen molar-refractivity contribution in [2.24, 2.45) is 0 Å². The van der Waals surface area contributed by atoms with E-state index in [4.69, 9.17) is 14.6 Å². The minimum atomic E-state index is -4.55. The third-order valence-electron chi connectivity index (χ3n) is 7.16. The first-order chi connectivity index (χ1) is 21.3. The van der Waals surface area contributed by atoms with Gasteiger partial charge in [-0.2, -0.15) is 18.3 Å². The van der Waals surface area contributed by atoms with Gasteiger partial charge in [-0.05, 0) is 67.1 Å². The fourth-order valence-electron chi connectivity index (χ4n) is 4.91. The van der Waals surface area contributed by atoms with Gasteiger partial charge in [-0.1, -0.05) is 12.1 Å². The molecule has 5 aromatic rings. The van der Waals surface area contributed by atoms with E-state index in [0.717, 1.165) is 49.2 Å². The summed E-state index contributed by atoms with van der Waals surface area (Å²) < 4.78 is 52.4. The molecule has 1 aliphatic rings. The number of alkyl halides is 3. The average Bonchev–Trinajstić information content (AvgIpc) is 3.66. The summed E-state index contributed by atoms with van der Waals surface area (Å²) in [5, 5.41) is 14.9. The van der Waals surface area contributed by atoms with Crippen molar-refractivity contribution in [2.75, 3.05) is 30.8 Å². The van der Waals surface area contributed by atoms with Crippen molar-refractivity contribution in [1.29, 1.82) is 0 Å². The first-order valence-corrected chi connectivity index (χ1v) is 13.8. The number of nitrogens with one attached hydrogen (secondary N) is 3. The van der Waals surface area contributed by atoms with E-state index in [1.165, 1.54) is 12.1 Å². The number of benzene rings is 2. The molecule has 4 heterocycles. The molecule has 1 saturated heterocycles. The van der Waals surface area contributed by atoms with E-state index < -0.39 is 17.6 Å². The Balaban J connectivity index is 1.24. The Hall–Kier alpha value is -5.17. The molecule has 1 atom stereocenters. The van der Waals surface area contributed by atoms with E-state index in [1.807, 2.05) is 28.9 Å². The van der Waals surface area contributed by atoms with Gasteiger partial charge >= 0.3 is 6.18 Å². The Morgan fingerprint density at radius 3 is 2.48 bits per heavy atom. The second kappa shape index (κ2) is 12.2. The lowest BCUT2D eigenvalue weighted by Gasteiger charge is -2.12. The van der Waals surface area contributed by atoms with Crippen molar-refractivity contribution < 1.29 is 27.4 Å². The minimum absolute atomic E-state index is 0.194. The van der Waals surface area contributed by atoms with Crippen LogP contribution in [0.3, 0.4) is 0 Å². The van der Waals surface area contributed by atoms with Gasteiger partial charge in [-0.15, -0.1) is 0 Å². The van der Waals surface area contributed by atoms with Crippen LogP contribution < -0.4 is 25.4 Å². The smallest absolute Gasteiger partial charge is 0.416 e. The van der Waals surface area contributed by atoms with Crippen LogP contribution in [0.1, 0.15) is 27.9 Å². The Labute approximate surface area is 250 Å². The number of pyridine rings is 2. The lowest BCUT2D eigenvalue weighted by atomic mass is 10.2. The van der Waals surface area contributed by atoms with Gasteiger partial charge in [0.05, 0.1) is 19.2 Å². The molecule has 226 valence electrons. The monoisotopic (exact) mass is 603 g/mol. The van der Waals surface area contributed by atoms with Crippen molar-refractivity contribution in [3.05, 3.63) is 95.8 Å². The van der Waals surface area contributed by atoms with Gasteiger partial charge in [-0.3, -0.25) is 4.79 Å². The van der Waals surface area contributed by atoms with Crippen LogP contribution >= 0.6 is 0 Å². The number of carbonyl (C=O) groups is 1. The van der Waals surface area contributed by atoms with E-state index in [9.17, 15) is 18.0 Å². The molecule has 2 aromatic carbocycles. The van der Waals surface area contributed by atoms with Gasteiger partial charge in [0.25, 0.3) is 5.91 Å². The average molecular weight is 604 g/mol. The zero-order valence-electron chi connectivity index (χ0n) is 23.6. The Morgan fingerprint density at radius 2 is 1.77 bits per heavy atom. The molecular formula is C31H28F3N7O3. The normalized spacial score (nSPS) is 14.9. The summed E-state index contributed by atoms with van der Waals surface area (Å²) in [5.74, 6) is 1.58. The maximum atomic E-state index is 13.0. The third-order valence-corrected chi connectivity index (χ3v) is 7.16. The highest BCUT2D eigenvalue weighted by molar-refractivity contribution is 6.03. The molecule has 0 unspecified atom stereocenters. The number of hydrogen-bond donors (Lipinski definition) is 3. The van der Waals surface area contributed by atoms with Crippen LogP contribution in [-0.2, 0) is 12.7 Å². The van der Waals surface area contributed by atoms with Crippen LogP contribution in [0.15, 0.2) is 79.1 Å². The second-order valence-corrected chi connectivity index (χ2v) is 10.2. The van der Waals surface area contributed by atoms with E-state index in [1.54, 1.807) is 31.5 Å². The molecule has 44 heavy (non-hydrogen) atoms. The molecule has 0 saturated carbocycles.